The smallest absolute Gasteiger partial charge is 0.431 e. The number of carbonyl (C=O) groups excluding carboxylic acids is 1. The number of aromatic nitrogens is 1. The van der Waals surface area contributed by atoms with Crippen molar-refractivity contribution in [3.8, 4) is 11.5 Å². The lowest BCUT2D eigenvalue weighted by molar-refractivity contribution is -0.141. The molecule has 1 atom stereocenters. The van der Waals surface area contributed by atoms with E-state index in [9.17, 15) is 22.8 Å². The van der Waals surface area contributed by atoms with Crippen molar-refractivity contribution >= 4 is 5.91 Å². The van der Waals surface area contributed by atoms with Crippen LogP contribution in [0.4, 0.5) is 13.2 Å². The molecule has 3 aromatic rings. The van der Waals surface area contributed by atoms with Crippen LogP contribution in [-0.4, -0.2) is 10.9 Å². The van der Waals surface area contributed by atoms with E-state index in [1.807, 2.05) is 44.2 Å². The van der Waals surface area contributed by atoms with E-state index >= 15 is 0 Å². The summed E-state index contributed by atoms with van der Waals surface area (Å²) in [6.45, 7) is 4.98. The molecule has 0 spiro atoms. The topological polar surface area (TPSA) is 71.2 Å². The highest BCUT2D eigenvalue weighted by Gasteiger charge is 2.35. The zero-order valence-electron chi connectivity index (χ0n) is 17.0. The Hall–Kier alpha value is -3.55. The van der Waals surface area contributed by atoms with Crippen LogP contribution < -0.4 is 15.6 Å². The third kappa shape index (κ3) is 3.69. The normalized spacial score (nSPS) is 15.0. The average Bonchev–Trinajstić information content (AvgIpc) is 2.68. The molecule has 0 aliphatic carbocycles. The Morgan fingerprint density at radius 3 is 2.48 bits per heavy atom. The number of carbonyl (C=O) groups is 1. The molecule has 5 nitrogen and oxygen atoms in total. The Kier molecular flexibility index (Phi) is 4.88. The molecule has 31 heavy (non-hydrogen) atoms. The second-order valence-electron chi connectivity index (χ2n) is 7.60. The summed E-state index contributed by atoms with van der Waals surface area (Å²) in [5.41, 5.74) is 0.366. The molecule has 2 N–H and O–H groups in total. The molecule has 0 saturated heterocycles. The highest BCUT2D eigenvalue weighted by Crippen LogP contribution is 2.44. The van der Waals surface area contributed by atoms with Crippen LogP contribution in [-0.2, 0) is 6.18 Å². The van der Waals surface area contributed by atoms with Crippen LogP contribution >= 0.6 is 0 Å². The number of pyridine rings is 1. The fourth-order valence-corrected chi connectivity index (χ4v) is 3.81. The second-order valence-corrected chi connectivity index (χ2v) is 7.60. The van der Waals surface area contributed by atoms with E-state index < -0.39 is 29.4 Å². The Bertz CT molecular complexity index is 1260. The lowest BCUT2D eigenvalue weighted by atomic mass is 9.90. The molecule has 2 heterocycles. The fourth-order valence-electron chi connectivity index (χ4n) is 3.81. The first-order valence-corrected chi connectivity index (χ1v) is 9.56. The van der Waals surface area contributed by atoms with Crippen LogP contribution in [0.15, 0.2) is 47.3 Å². The summed E-state index contributed by atoms with van der Waals surface area (Å²) >= 11 is 0. The molecule has 1 aromatic heterocycles. The number of aryl methyl sites for hydroxylation is 3. The Labute approximate surface area is 175 Å². The summed E-state index contributed by atoms with van der Waals surface area (Å²) < 4.78 is 45.2. The Morgan fingerprint density at radius 1 is 1.03 bits per heavy atom. The number of rotatable bonds is 2. The number of fused-ring (bicyclic) bond motifs is 2. The molecule has 0 saturated carbocycles. The van der Waals surface area contributed by atoms with Gasteiger partial charge in [0.2, 0.25) is 0 Å². The maximum Gasteiger partial charge on any atom is 0.431 e. The third-order valence-corrected chi connectivity index (χ3v) is 5.31. The summed E-state index contributed by atoms with van der Waals surface area (Å²) in [6.07, 6.45) is -4.72. The first kappa shape index (κ1) is 20.7. The zero-order valence-corrected chi connectivity index (χ0v) is 17.0. The van der Waals surface area contributed by atoms with Gasteiger partial charge in [-0.1, -0.05) is 24.3 Å². The number of hydrogen-bond acceptors (Lipinski definition) is 3. The summed E-state index contributed by atoms with van der Waals surface area (Å²) in [5, 5.41) is 2.81. The molecule has 2 aromatic carbocycles. The van der Waals surface area contributed by atoms with E-state index in [0.717, 1.165) is 22.8 Å². The Morgan fingerprint density at radius 2 is 1.77 bits per heavy atom. The fraction of sp³-hybridized carbons (Fsp3) is 0.217. The van der Waals surface area contributed by atoms with Gasteiger partial charge in [0.1, 0.15) is 22.8 Å². The van der Waals surface area contributed by atoms with Gasteiger partial charge < -0.3 is 15.0 Å². The van der Waals surface area contributed by atoms with Gasteiger partial charge in [-0.15, -0.1) is 0 Å². The van der Waals surface area contributed by atoms with Crippen molar-refractivity contribution in [3.05, 3.63) is 91.9 Å². The molecular formula is C23H19F3N2O3. The maximum absolute atomic E-state index is 13.1. The second kappa shape index (κ2) is 7.30. The highest BCUT2D eigenvalue weighted by molar-refractivity contribution is 5.94. The molecule has 1 aliphatic rings. The minimum absolute atomic E-state index is 0.239. The number of alkyl halides is 3. The number of benzene rings is 2. The van der Waals surface area contributed by atoms with Crippen molar-refractivity contribution < 1.29 is 22.7 Å². The molecule has 1 aliphatic heterocycles. The number of H-pyrrole nitrogens is 1. The molecule has 1 unspecified atom stereocenters. The standard InChI is InChI=1S/C23H19F3N2O3/c1-11-7-8-14-17(9-11)31-16-6-4-5-12(2)18(16)19(14)27-21(29)15-10-13(3)20(23(24,25)26)28-22(15)30/h4-10,19H,1-3H3,(H,27,29)(H,28,30). The van der Waals surface area contributed by atoms with E-state index in [1.165, 1.54) is 6.92 Å². The van der Waals surface area contributed by atoms with Crippen molar-refractivity contribution in [2.45, 2.75) is 33.0 Å². The van der Waals surface area contributed by atoms with Crippen LogP contribution in [0.2, 0.25) is 0 Å². The zero-order chi connectivity index (χ0) is 22.5. The van der Waals surface area contributed by atoms with E-state index in [1.54, 1.807) is 11.1 Å². The summed E-state index contributed by atoms with van der Waals surface area (Å²) in [6, 6.07) is 11.4. The van der Waals surface area contributed by atoms with E-state index in [0.29, 0.717) is 17.1 Å². The number of halogens is 3. The van der Waals surface area contributed by atoms with Gasteiger partial charge in [0.15, 0.2) is 0 Å². The van der Waals surface area contributed by atoms with Crippen molar-refractivity contribution in [3.63, 3.8) is 0 Å². The predicted octanol–water partition coefficient (Wildman–Crippen LogP) is 4.94. The van der Waals surface area contributed by atoms with E-state index in [2.05, 4.69) is 5.32 Å². The number of amides is 1. The van der Waals surface area contributed by atoms with Crippen LogP contribution in [0.3, 0.4) is 0 Å². The number of hydrogen-bond donors (Lipinski definition) is 2. The molecule has 1 amide bonds. The van der Waals surface area contributed by atoms with Crippen LogP contribution in [0.5, 0.6) is 11.5 Å². The molecule has 4 rings (SSSR count). The summed E-state index contributed by atoms with van der Waals surface area (Å²) in [5.74, 6) is 0.368. The molecule has 0 bridgehead atoms. The van der Waals surface area contributed by atoms with Gasteiger partial charge in [0.05, 0.1) is 6.04 Å². The van der Waals surface area contributed by atoms with Gasteiger partial charge >= 0.3 is 6.18 Å². The number of ether oxygens (including phenoxy) is 1. The van der Waals surface area contributed by atoms with Gasteiger partial charge in [-0.05, 0) is 55.7 Å². The number of nitrogens with one attached hydrogen (secondary N) is 2. The van der Waals surface area contributed by atoms with Crippen molar-refractivity contribution in [2.24, 2.45) is 0 Å². The minimum atomic E-state index is -4.72. The lowest BCUT2D eigenvalue weighted by Crippen LogP contribution is -2.35. The lowest BCUT2D eigenvalue weighted by Gasteiger charge is -2.30. The summed E-state index contributed by atoms with van der Waals surface area (Å²) in [4.78, 5) is 27.1. The van der Waals surface area contributed by atoms with Crippen LogP contribution in [0, 0.1) is 20.8 Å². The molecular weight excluding hydrogens is 409 g/mol. The van der Waals surface area contributed by atoms with Crippen molar-refractivity contribution in [1.82, 2.24) is 10.3 Å². The molecule has 0 radical (unpaired) electrons. The Balaban J connectivity index is 1.78. The number of aromatic amines is 1. The SMILES string of the molecule is Cc1ccc2c(c1)Oc1cccc(C)c1C2NC(=O)c1cc(C)c(C(F)(F)F)[nH]c1=O. The van der Waals surface area contributed by atoms with E-state index in [4.69, 9.17) is 4.74 Å². The summed E-state index contributed by atoms with van der Waals surface area (Å²) in [7, 11) is 0. The highest BCUT2D eigenvalue weighted by atomic mass is 19.4. The monoisotopic (exact) mass is 428 g/mol. The quantitative estimate of drug-likeness (QED) is 0.607. The van der Waals surface area contributed by atoms with Gasteiger partial charge in [0, 0.05) is 11.1 Å². The average molecular weight is 428 g/mol. The van der Waals surface area contributed by atoms with Crippen LogP contribution in [0.25, 0.3) is 0 Å². The van der Waals surface area contributed by atoms with Gasteiger partial charge in [-0.25, -0.2) is 0 Å². The molecule has 0 fully saturated rings. The molecule has 160 valence electrons. The van der Waals surface area contributed by atoms with E-state index in [-0.39, 0.29) is 11.1 Å². The first-order chi connectivity index (χ1) is 14.6. The van der Waals surface area contributed by atoms with Gasteiger partial charge in [-0.3, -0.25) is 9.59 Å². The predicted molar refractivity (Wildman–Crippen MR) is 109 cm³/mol. The van der Waals surface area contributed by atoms with Crippen LogP contribution in [0.1, 0.15) is 49.9 Å². The first-order valence-electron chi connectivity index (χ1n) is 9.56. The van der Waals surface area contributed by atoms with Crippen molar-refractivity contribution in [1.29, 1.82) is 0 Å². The molecule has 8 heteroatoms. The minimum Gasteiger partial charge on any atom is -0.457 e. The van der Waals surface area contributed by atoms with Crippen molar-refractivity contribution in [2.75, 3.05) is 0 Å². The third-order valence-electron chi connectivity index (χ3n) is 5.31. The maximum atomic E-state index is 13.1. The van der Waals surface area contributed by atoms with Gasteiger partial charge in [0.25, 0.3) is 11.5 Å². The van der Waals surface area contributed by atoms with Gasteiger partial charge in [-0.2, -0.15) is 13.2 Å². The largest absolute Gasteiger partial charge is 0.457 e.